The second-order valence-corrected chi connectivity index (χ2v) is 5.64. The summed E-state index contributed by atoms with van der Waals surface area (Å²) in [4.78, 5) is 0. The smallest absolute Gasteiger partial charge is 0.124 e. The Morgan fingerprint density at radius 3 is 2.52 bits per heavy atom. The van der Waals surface area contributed by atoms with Gasteiger partial charge in [-0.05, 0) is 48.4 Å². The van der Waals surface area contributed by atoms with Crippen LogP contribution in [0.1, 0.15) is 18.1 Å². The van der Waals surface area contributed by atoms with Crippen LogP contribution in [0, 0.1) is 5.82 Å². The summed E-state index contributed by atoms with van der Waals surface area (Å²) in [6, 6.07) is 12.2. The summed E-state index contributed by atoms with van der Waals surface area (Å²) >= 11 is 3.25. The maximum atomic E-state index is 13.2. The Morgan fingerprint density at radius 1 is 1.19 bits per heavy atom. The molecule has 0 aliphatic carbocycles. The van der Waals surface area contributed by atoms with E-state index in [0.717, 1.165) is 11.1 Å². The number of rotatable bonds is 5. The summed E-state index contributed by atoms with van der Waals surface area (Å²) in [6.45, 7) is 2.05. The first-order valence-electron chi connectivity index (χ1n) is 6.41. The van der Waals surface area contributed by atoms with Crippen LogP contribution in [0.5, 0.6) is 5.75 Å². The van der Waals surface area contributed by atoms with Crippen LogP contribution in [0.15, 0.2) is 52.1 Å². The lowest BCUT2D eigenvalue weighted by Gasteiger charge is -2.08. The molecule has 0 fully saturated rings. The molecule has 3 nitrogen and oxygen atoms in total. The predicted octanol–water partition coefficient (Wildman–Crippen LogP) is 4.56. The summed E-state index contributed by atoms with van der Waals surface area (Å²) in [5.41, 5.74) is 2.44. The van der Waals surface area contributed by atoms with Gasteiger partial charge in [-0.25, -0.2) is 4.39 Å². The van der Waals surface area contributed by atoms with Gasteiger partial charge in [0, 0.05) is 10.9 Å². The van der Waals surface area contributed by atoms with Crippen LogP contribution in [-0.4, -0.2) is 10.9 Å². The zero-order valence-electron chi connectivity index (χ0n) is 11.5. The average molecular weight is 352 g/mol. The number of nitrogens with zero attached hydrogens (tertiary/aromatic N) is 1. The molecule has 0 spiro atoms. The number of ether oxygens (including phenoxy) is 1. The fraction of sp³-hybridized carbons (Fsp3) is 0.188. The fourth-order valence-corrected chi connectivity index (χ4v) is 2.41. The maximum absolute atomic E-state index is 13.2. The Labute approximate surface area is 131 Å². The van der Waals surface area contributed by atoms with Crippen LogP contribution in [0.2, 0.25) is 0 Å². The van der Waals surface area contributed by atoms with Gasteiger partial charge in [-0.2, -0.15) is 0 Å². The Bertz CT molecular complexity index is 621. The van der Waals surface area contributed by atoms with Crippen LogP contribution < -0.4 is 4.74 Å². The van der Waals surface area contributed by atoms with Gasteiger partial charge in [0.25, 0.3) is 0 Å². The monoisotopic (exact) mass is 351 g/mol. The van der Waals surface area contributed by atoms with E-state index in [0.29, 0.717) is 29.0 Å². The zero-order chi connectivity index (χ0) is 15.2. The minimum absolute atomic E-state index is 0.294. The Kier molecular flexibility index (Phi) is 5.33. The molecule has 0 atom stereocenters. The van der Waals surface area contributed by atoms with Gasteiger partial charge in [-0.1, -0.05) is 33.2 Å². The zero-order valence-corrected chi connectivity index (χ0v) is 13.1. The van der Waals surface area contributed by atoms with Crippen molar-refractivity contribution in [3.63, 3.8) is 0 Å². The third-order valence-electron chi connectivity index (χ3n) is 2.88. The van der Waals surface area contributed by atoms with Crippen molar-refractivity contribution < 1.29 is 14.3 Å². The lowest BCUT2D eigenvalue weighted by Crippen LogP contribution is -1.99. The predicted molar refractivity (Wildman–Crippen MR) is 83.5 cm³/mol. The van der Waals surface area contributed by atoms with Gasteiger partial charge in [0.2, 0.25) is 0 Å². The molecule has 110 valence electrons. The van der Waals surface area contributed by atoms with Crippen molar-refractivity contribution in [2.75, 3.05) is 0 Å². The fourth-order valence-electron chi connectivity index (χ4n) is 1.90. The van der Waals surface area contributed by atoms with Crippen molar-refractivity contribution >= 4 is 21.6 Å². The molecule has 5 heteroatoms. The van der Waals surface area contributed by atoms with E-state index < -0.39 is 0 Å². The van der Waals surface area contributed by atoms with E-state index in [1.165, 1.54) is 12.1 Å². The molecule has 0 unspecified atom stereocenters. The first-order chi connectivity index (χ1) is 10.1. The standard InChI is InChI=1S/C16H15BrFNO2/c1-11(19-20)6-12-2-4-16(5-3-12)21-10-13-7-14(17)9-15(18)8-13/h2-5,7-9,20H,6,10H2,1H3/b19-11-. The van der Waals surface area contributed by atoms with Crippen molar-refractivity contribution in [1.82, 2.24) is 0 Å². The molecule has 0 bridgehead atoms. The highest BCUT2D eigenvalue weighted by atomic mass is 79.9. The highest BCUT2D eigenvalue weighted by molar-refractivity contribution is 9.10. The minimum Gasteiger partial charge on any atom is -0.489 e. The number of benzene rings is 2. The summed E-state index contributed by atoms with van der Waals surface area (Å²) in [5.74, 6) is 0.412. The quantitative estimate of drug-likeness (QED) is 0.487. The lowest BCUT2D eigenvalue weighted by atomic mass is 10.1. The number of hydrogen-bond donors (Lipinski definition) is 1. The van der Waals surface area contributed by atoms with E-state index in [1.54, 1.807) is 6.92 Å². The summed E-state index contributed by atoms with van der Waals surface area (Å²) in [7, 11) is 0. The van der Waals surface area contributed by atoms with Crippen LogP contribution >= 0.6 is 15.9 Å². The number of oxime groups is 1. The molecule has 0 saturated carbocycles. The maximum Gasteiger partial charge on any atom is 0.124 e. The van der Waals surface area contributed by atoms with E-state index in [2.05, 4.69) is 21.1 Å². The third kappa shape index (κ3) is 4.86. The van der Waals surface area contributed by atoms with E-state index in [-0.39, 0.29) is 5.82 Å². The molecule has 2 aromatic rings. The largest absolute Gasteiger partial charge is 0.489 e. The van der Waals surface area contributed by atoms with Gasteiger partial charge in [0.05, 0.1) is 5.71 Å². The third-order valence-corrected chi connectivity index (χ3v) is 3.34. The van der Waals surface area contributed by atoms with E-state index in [1.807, 2.05) is 30.3 Å². The van der Waals surface area contributed by atoms with Gasteiger partial charge < -0.3 is 9.94 Å². The molecule has 0 aliphatic rings. The lowest BCUT2D eigenvalue weighted by molar-refractivity contribution is 0.305. The average Bonchev–Trinajstić information content (AvgIpc) is 2.45. The van der Waals surface area contributed by atoms with Gasteiger partial charge in [-0.3, -0.25) is 0 Å². The molecular formula is C16H15BrFNO2. The number of halogens is 2. The molecule has 21 heavy (non-hydrogen) atoms. The Balaban J connectivity index is 1.97. The summed E-state index contributed by atoms with van der Waals surface area (Å²) in [6.07, 6.45) is 0.591. The Hall–Kier alpha value is -1.88. The van der Waals surface area contributed by atoms with Crippen molar-refractivity contribution in [1.29, 1.82) is 0 Å². The molecule has 2 rings (SSSR count). The Morgan fingerprint density at radius 2 is 1.90 bits per heavy atom. The summed E-state index contributed by atoms with van der Waals surface area (Å²) in [5, 5.41) is 11.8. The normalized spacial score (nSPS) is 11.5. The molecule has 0 radical (unpaired) electrons. The van der Waals surface area contributed by atoms with Crippen LogP contribution in [0.3, 0.4) is 0 Å². The van der Waals surface area contributed by atoms with E-state index in [4.69, 9.17) is 9.94 Å². The second-order valence-electron chi connectivity index (χ2n) is 4.72. The molecule has 0 aromatic heterocycles. The summed E-state index contributed by atoms with van der Waals surface area (Å²) < 4.78 is 19.6. The van der Waals surface area contributed by atoms with Gasteiger partial charge >= 0.3 is 0 Å². The molecule has 2 aromatic carbocycles. The van der Waals surface area contributed by atoms with Crippen LogP contribution in [0.4, 0.5) is 4.39 Å². The number of hydrogen-bond acceptors (Lipinski definition) is 3. The van der Waals surface area contributed by atoms with E-state index >= 15 is 0 Å². The van der Waals surface area contributed by atoms with Crippen molar-refractivity contribution in [3.8, 4) is 5.75 Å². The van der Waals surface area contributed by atoms with Gasteiger partial charge in [0.1, 0.15) is 18.2 Å². The topological polar surface area (TPSA) is 41.8 Å². The van der Waals surface area contributed by atoms with E-state index in [9.17, 15) is 4.39 Å². The van der Waals surface area contributed by atoms with Crippen LogP contribution in [0.25, 0.3) is 0 Å². The second kappa shape index (κ2) is 7.22. The van der Waals surface area contributed by atoms with Crippen molar-refractivity contribution in [2.45, 2.75) is 20.0 Å². The molecule has 0 saturated heterocycles. The van der Waals surface area contributed by atoms with Gasteiger partial charge in [0.15, 0.2) is 0 Å². The molecular weight excluding hydrogens is 337 g/mol. The highest BCUT2D eigenvalue weighted by Crippen LogP contribution is 2.18. The SMILES string of the molecule is C/C(Cc1ccc(OCc2cc(F)cc(Br)c2)cc1)=N/O. The van der Waals surface area contributed by atoms with Crippen molar-refractivity contribution in [2.24, 2.45) is 5.16 Å². The van der Waals surface area contributed by atoms with Crippen LogP contribution in [-0.2, 0) is 13.0 Å². The van der Waals surface area contributed by atoms with Crippen molar-refractivity contribution in [3.05, 3.63) is 63.9 Å². The molecule has 0 amide bonds. The highest BCUT2D eigenvalue weighted by Gasteiger charge is 2.02. The molecule has 1 N–H and O–H groups in total. The van der Waals surface area contributed by atoms with Gasteiger partial charge in [-0.15, -0.1) is 0 Å². The molecule has 0 heterocycles. The minimum atomic E-state index is -0.294. The molecule has 0 aliphatic heterocycles. The first-order valence-corrected chi connectivity index (χ1v) is 7.20. The first kappa shape index (κ1) is 15.5.